The Bertz CT molecular complexity index is 195. The topological polar surface area (TPSA) is 67.2 Å². The molecule has 1 saturated heterocycles. The molecule has 1 heterocycles. The largest absolute Gasteiger partial charge is 0.382 e. The molecular weight excluding hydrogens is 157 g/mol. The van der Waals surface area contributed by atoms with Crippen molar-refractivity contribution in [3.8, 4) is 0 Å². The van der Waals surface area contributed by atoms with Crippen LogP contribution in [0.15, 0.2) is 5.11 Å². The van der Waals surface area contributed by atoms with Gasteiger partial charge in [-0.3, -0.25) is 0 Å². The van der Waals surface area contributed by atoms with E-state index >= 15 is 0 Å². The van der Waals surface area contributed by atoms with Crippen molar-refractivity contribution in [2.75, 3.05) is 13.7 Å². The van der Waals surface area contributed by atoms with Crippen LogP contribution in [-0.2, 0) is 9.47 Å². The second-order valence-electron chi connectivity index (χ2n) is 2.95. The van der Waals surface area contributed by atoms with Crippen molar-refractivity contribution >= 4 is 7.85 Å². The van der Waals surface area contributed by atoms with E-state index in [0.717, 1.165) is 6.42 Å². The lowest BCUT2D eigenvalue weighted by molar-refractivity contribution is 0.0201. The van der Waals surface area contributed by atoms with E-state index in [1.165, 1.54) is 0 Å². The van der Waals surface area contributed by atoms with Gasteiger partial charge in [0.2, 0.25) is 0 Å². The minimum absolute atomic E-state index is 0.0649. The molecule has 0 spiro atoms. The first-order valence-corrected chi connectivity index (χ1v) is 3.96. The molecule has 1 rings (SSSR count). The van der Waals surface area contributed by atoms with Gasteiger partial charge in [-0.1, -0.05) is 5.11 Å². The number of methoxy groups -OCH3 is 1. The molecule has 66 valence electrons. The maximum Gasteiger partial charge on any atom is 0.139 e. The van der Waals surface area contributed by atoms with Crippen LogP contribution in [0.2, 0.25) is 0 Å². The average Bonchev–Trinajstić information content (AvgIpc) is 2.33. The zero-order valence-corrected chi connectivity index (χ0v) is 7.30. The Hall–Kier alpha value is -0.705. The fraction of sp³-hybridized carbons (Fsp3) is 1.00. The van der Waals surface area contributed by atoms with Crippen LogP contribution in [0, 0.1) is 0 Å². The Kier molecular flexibility index (Phi) is 3.40. The summed E-state index contributed by atoms with van der Waals surface area (Å²) in [6.45, 7) is 0.494. The highest BCUT2D eigenvalue weighted by Gasteiger charge is 2.31. The number of hydrogen-bond donors (Lipinski definition) is 0. The number of nitrogens with zero attached hydrogens (tertiary/aromatic N) is 3. The molecule has 1 aliphatic rings. The van der Waals surface area contributed by atoms with Gasteiger partial charge in [-0.15, -0.1) is 0 Å². The van der Waals surface area contributed by atoms with Gasteiger partial charge in [0.05, 0.1) is 18.8 Å². The van der Waals surface area contributed by atoms with Crippen LogP contribution in [0.25, 0.3) is 10.4 Å². The van der Waals surface area contributed by atoms with Crippen LogP contribution in [0.4, 0.5) is 0 Å². The lowest BCUT2D eigenvalue weighted by Crippen LogP contribution is -2.24. The highest BCUT2D eigenvalue weighted by Crippen LogP contribution is 2.21. The van der Waals surface area contributed by atoms with E-state index in [4.69, 9.17) is 15.0 Å². The molecule has 0 saturated carbocycles. The number of rotatable bonds is 3. The van der Waals surface area contributed by atoms with Gasteiger partial charge in [0.25, 0.3) is 0 Å². The van der Waals surface area contributed by atoms with E-state index < -0.39 is 0 Å². The minimum atomic E-state index is -0.0686. The van der Waals surface area contributed by atoms with Crippen molar-refractivity contribution in [2.24, 2.45) is 5.11 Å². The van der Waals surface area contributed by atoms with Crippen LogP contribution in [0.1, 0.15) is 6.42 Å². The third kappa shape index (κ3) is 2.14. The van der Waals surface area contributed by atoms with Crippen LogP contribution in [0.3, 0.4) is 0 Å². The van der Waals surface area contributed by atoms with Gasteiger partial charge in [0.1, 0.15) is 7.85 Å². The molecule has 1 fully saturated rings. The summed E-state index contributed by atoms with van der Waals surface area (Å²) in [5, 5.41) is 3.65. The fourth-order valence-corrected chi connectivity index (χ4v) is 1.44. The normalized spacial score (nSPS) is 34.6. The zero-order chi connectivity index (χ0) is 8.97. The van der Waals surface area contributed by atoms with E-state index in [1.807, 2.05) is 7.85 Å². The highest BCUT2D eigenvalue weighted by molar-refractivity contribution is 6.11. The number of ether oxygens (including phenoxy) is 2. The lowest BCUT2D eigenvalue weighted by atomic mass is 9.95. The van der Waals surface area contributed by atoms with Crippen LogP contribution in [0.5, 0.6) is 0 Å². The molecule has 3 atom stereocenters. The molecule has 0 unspecified atom stereocenters. The second-order valence-corrected chi connectivity index (χ2v) is 2.95. The summed E-state index contributed by atoms with van der Waals surface area (Å²) >= 11 is 0. The van der Waals surface area contributed by atoms with E-state index in [2.05, 4.69) is 10.0 Å². The van der Waals surface area contributed by atoms with Crippen molar-refractivity contribution in [1.82, 2.24) is 0 Å². The lowest BCUT2D eigenvalue weighted by Gasteiger charge is -2.12. The van der Waals surface area contributed by atoms with Gasteiger partial charge >= 0.3 is 0 Å². The third-order valence-corrected chi connectivity index (χ3v) is 1.94. The van der Waals surface area contributed by atoms with Crippen molar-refractivity contribution < 1.29 is 9.47 Å². The maximum absolute atomic E-state index is 8.26. The first kappa shape index (κ1) is 9.38. The summed E-state index contributed by atoms with van der Waals surface area (Å²) in [4.78, 5) is 2.77. The Morgan fingerprint density at radius 2 is 2.58 bits per heavy atom. The average molecular weight is 169 g/mol. The van der Waals surface area contributed by atoms with Gasteiger partial charge in [-0.25, -0.2) is 0 Å². The van der Waals surface area contributed by atoms with Crippen molar-refractivity contribution in [2.45, 2.75) is 24.6 Å². The van der Waals surface area contributed by atoms with Crippen LogP contribution >= 0.6 is 0 Å². The third-order valence-electron chi connectivity index (χ3n) is 1.94. The summed E-state index contributed by atoms with van der Waals surface area (Å²) in [6, 6.07) is 0.102. The summed E-state index contributed by atoms with van der Waals surface area (Å²) in [5.41, 5.74) is 8.26. The zero-order valence-electron chi connectivity index (χ0n) is 7.30. The van der Waals surface area contributed by atoms with Crippen molar-refractivity contribution in [1.29, 1.82) is 0 Å². The first-order chi connectivity index (χ1) is 5.77. The summed E-state index contributed by atoms with van der Waals surface area (Å²) in [6.07, 6.45) is 0.721. The quantitative estimate of drug-likeness (QED) is 0.259. The van der Waals surface area contributed by atoms with Gasteiger partial charge in [-0.2, -0.15) is 0 Å². The first-order valence-electron chi connectivity index (χ1n) is 3.96. The van der Waals surface area contributed by atoms with Gasteiger partial charge < -0.3 is 9.47 Å². The Morgan fingerprint density at radius 1 is 1.83 bits per heavy atom. The summed E-state index contributed by atoms with van der Waals surface area (Å²) in [5.74, 6) is 0. The van der Waals surface area contributed by atoms with Gasteiger partial charge in [-0.05, 0) is 12.0 Å². The molecule has 5 nitrogen and oxygen atoms in total. The van der Waals surface area contributed by atoms with Crippen molar-refractivity contribution in [3.05, 3.63) is 10.4 Å². The summed E-state index contributed by atoms with van der Waals surface area (Å²) in [7, 11) is 3.58. The predicted molar refractivity (Wildman–Crippen MR) is 46.6 cm³/mol. The minimum Gasteiger partial charge on any atom is -0.382 e. The predicted octanol–water partition coefficient (Wildman–Crippen LogP) is 0.0598. The maximum atomic E-state index is 8.26. The standard InChI is InChI=1S/C6H12BN3O2/c1-11-3-5-4(9-10-8)2-6(7)12-5/h4-6H,2-3,7H2,1H3/t4-,5-,6-/m1/s1. The summed E-state index contributed by atoms with van der Waals surface area (Å²) < 4.78 is 10.4. The van der Waals surface area contributed by atoms with Crippen LogP contribution in [-0.4, -0.2) is 39.7 Å². The molecule has 12 heavy (non-hydrogen) atoms. The van der Waals surface area contributed by atoms with Gasteiger partial charge in [0.15, 0.2) is 0 Å². The van der Waals surface area contributed by atoms with Crippen LogP contribution < -0.4 is 0 Å². The molecule has 0 aromatic carbocycles. The van der Waals surface area contributed by atoms with E-state index in [9.17, 15) is 0 Å². The van der Waals surface area contributed by atoms with Crippen molar-refractivity contribution in [3.63, 3.8) is 0 Å². The molecule has 1 aliphatic heterocycles. The molecule has 0 aromatic heterocycles. The number of azide groups is 1. The monoisotopic (exact) mass is 169 g/mol. The van der Waals surface area contributed by atoms with Gasteiger partial charge in [0, 0.05) is 18.0 Å². The molecule has 0 radical (unpaired) electrons. The Morgan fingerprint density at radius 3 is 3.17 bits per heavy atom. The Labute approximate surface area is 72.1 Å². The molecule has 0 N–H and O–H groups in total. The number of hydrogen-bond acceptors (Lipinski definition) is 3. The molecule has 0 aliphatic carbocycles. The van der Waals surface area contributed by atoms with E-state index in [1.54, 1.807) is 7.11 Å². The second kappa shape index (κ2) is 4.35. The molecule has 0 bridgehead atoms. The Balaban J connectivity index is 2.52. The molecule has 0 aromatic rings. The fourth-order valence-electron chi connectivity index (χ4n) is 1.44. The smallest absolute Gasteiger partial charge is 0.139 e. The highest BCUT2D eigenvalue weighted by atomic mass is 16.5. The molecule has 0 amide bonds. The SMILES string of the molecule is B[C@H]1C[C@@H](N=[N+]=[N-])[C@@H](COC)O1. The molecule has 6 heteroatoms. The van der Waals surface area contributed by atoms with E-state index in [0.29, 0.717) is 6.61 Å². The van der Waals surface area contributed by atoms with E-state index in [-0.39, 0.29) is 18.1 Å². The molecular formula is C6H12BN3O2.